The number of rotatable bonds is 6. The summed E-state index contributed by atoms with van der Waals surface area (Å²) in [7, 11) is 0. The molecule has 0 radical (unpaired) electrons. The Hall–Kier alpha value is -1.77. The first-order valence-corrected chi connectivity index (χ1v) is 5.84. The van der Waals surface area contributed by atoms with E-state index in [2.05, 4.69) is 5.32 Å². The van der Waals surface area contributed by atoms with E-state index in [0.717, 1.165) is 0 Å². The Morgan fingerprint density at radius 3 is 2.53 bits per heavy atom. The van der Waals surface area contributed by atoms with Gasteiger partial charge in [-0.25, -0.2) is 0 Å². The van der Waals surface area contributed by atoms with Gasteiger partial charge in [0.15, 0.2) is 11.7 Å². The summed E-state index contributed by atoms with van der Waals surface area (Å²) < 4.78 is 5.37. The van der Waals surface area contributed by atoms with Gasteiger partial charge in [-0.3, -0.25) is 4.79 Å². The molecule has 1 N–H and O–H groups in total. The topological polar surface area (TPSA) is 38.3 Å². The minimum atomic E-state index is -0.0535. The number of allylic oxidation sites excluding steroid dienone is 1. The molecule has 3 nitrogen and oxygen atoms in total. The van der Waals surface area contributed by atoms with E-state index in [1.165, 1.54) is 6.08 Å². The molecule has 0 saturated carbocycles. The number of hydrogen-bond acceptors (Lipinski definition) is 3. The second-order valence-corrected chi connectivity index (χ2v) is 3.97. The van der Waals surface area contributed by atoms with Crippen molar-refractivity contribution in [3.8, 4) is 0 Å². The molecule has 1 aromatic carbocycles. The van der Waals surface area contributed by atoms with Crippen molar-refractivity contribution in [1.82, 2.24) is 5.32 Å². The molecule has 0 fully saturated rings. The third-order valence-corrected chi connectivity index (χ3v) is 2.05. The predicted molar refractivity (Wildman–Crippen MR) is 68.8 cm³/mol. The van der Waals surface area contributed by atoms with Crippen molar-refractivity contribution in [3.63, 3.8) is 0 Å². The van der Waals surface area contributed by atoms with Gasteiger partial charge in [-0.2, -0.15) is 0 Å². The SMILES string of the molecule is CCO/C(=C/C(=O)c1ccccc1)NC(C)C. The number of hydrogen-bond donors (Lipinski definition) is 1. The second-order valence-electron chi connectivity index (χ2n) is 3.97. The van der Waals surface area contributed by atoms with Crippen LogP contribution >= 0.6 is 0 Å². The van der Waals surface area contributed by atoms with Crippen LogP contribution < -0.4 is 5.32 Å². The molecule has 0 aliphatic heterocycles. The molecule has 0 aliphatic carbocycles. The first-order chi connectivity index (χ1) is 8.13. The van der Waals surface area contributed by atoms with Gasteiger partial charge in [-0.1, -0.05) is 30.3 Å². The monoisotopic (exact) mass is 233 g/mol. The van der Waals surface area contributed by atoms with Gasteiger partial charge < -0.3 is 10.1 Å². The fraction of sp³-hybridized carbons (Fsp3) is 0.357. The van der Waals surface area contributed by atoms with Gasteiger partial charge in [-0.05, 0) is 20.8 Å². The van der Waals surface area contributed by atoms with Crippen molar-refractivity contribution in [2.45, 2.75) is 26.8 Å². The lowest BCUT2D eigenvalue weighted by Crippen LogP contribution is -2.24. The summed E-state index contributed by atoms with van der Waals surface area (Å²) in [5, 5.41) is 3.10. The fourth-order valence-corrected chi connectivity index (χ4v) is 1.37. The largest absolute Gasteiger partial charge is 0.479 e. The molecule has 3 heteroatoms. The highest BCUT2D eigenvalue weighted by molar-refractivity contribution is 6.04. The summed E-state index contributed by atoms with van der Waals surface area (Å²) in [6, 6.07) is 9.39. The van der Waals surface area contributed by atoms with Crippen LogP contribution in [0.2, 0.25) is 0 Å². The number of nitrogens with one attached hydrogen (secondary N) is 1. The molecular formula is C14H19NO2. The molecule has 0 aliphatic rings. The summed E-state index contributed by atoms with van der Waals surface area (Å²) >= 11 is 0. The van der Waals surface area contributed by atoms with Crippen LogP contribution in [0.5, 0.6) is 0 Å². The minimum Gasteiger partial charge on any atom is -0.479 e. The number of benzene rings is 1. The summed E-state index contributed by atoms with van der Waals surface area (Å²) in [5.74, 6) is 0.471. The average Bonchev–Trinajstić information content (AvgIpc) is 2.29. The van der Waals surface area contributed by atoms with Crippen LogP contribution in [0.3, 0.4) is 0 Å². The molecule has 17 heavy (non-hydrogen) atoms. The van der Waals surface area contributed by atoms with E-state index in [0.29, 0.717) is 18.1 Å². The van der Waals surface area contributed by atoms with Crippen molar-refractivity contribution in [2.24, 2.45) is 0 Å². The maximum Gasteiger partial charge on any atom is 0.191 e. The smallest absolute Gasteiger partial charge is 0.191 e. The Balaban J connectivity index is 2.79. The zero-order valence-corrected chi connectivity index (χ0v) is 10.6. The van der Waals surface area contributed by atoms with E-state index in [1.54, 1.807) is 12.1 Å². The summed E-state index contributed by atoms with van der Waals surface area (Å²) in [4.78, 5) is 11.9. The number of ether oxygens (including phenoxy) is 1. The molecule has 0 amide bonds. The Labute approximate surface area is 102 Å². The van der Waals surface area contributed by atoms with Gasteiger partial charge in [0.1, 0.15) is 0 Å². The molecule has 0 heterocycles. The van der Waals surface area contributed by atoms with Crippen molar-refractivity contribution in [3.05, 3.63) is 47.9 Å². The molecule has 92 valence electrons. The van der Waals surface area contributed by atoms with Crippen molar-refractivity contribution in [2.75, 3.05) is 6.61 Å². The Kier molecular flexibility index (Phi) is 5.27. The van der Waals surface area contributed by atoms with Gasteiger partial charge in [0.2, 0.25) is 0 Å². The van der Waals surface area contributed by atoms with E-state index in [-0.39, 0.29) is 11.8 Å². The quantitative estimate of drug-likeness (QED) is 0.466. The Morgan fingerprint density at radius 1 is 1.35 bits per heavy atom. The summed E-state index contributed by atoms with van der Waals surface area (Å²) in [5.41, 5.74) is 0.662. The highest BCUT2D eigenvalue weighted by atomic mass is 16.5. The van der Waals surface area contributed by atoms with Crippen LogP contribution in [0.25, 0.3) is 0 Å². The third kappa shape index (κ3) is 4.72. The zero-order chi connectivity index (χ0) is 12.7. The standard InChI is InChI=1S/C14H19NO2/c1-4-17-14(15-11(2)3)10-13(16)12-8-6-5-7-9-12/h5-11,15H,4H2,1-3H3/b14-10+. The number of carbonyl (C=O) groups excluding carboxylic acids is 1. The van der Waals surface area contributed by atoms with Crippen LogP contribution in [-0.4, -0.2) is 18.4 Å². The second kappa shape index (κ2) is 6.74. The first-order valence-electron chi connectivity index (χ1n) is 5.84. The van der Waals surface area contributed by atoms with Gasteiger partial charge in [0.25, 0.3) is 0 Å². The minimum absolute atomic E-state index is 0.0535. The van der Waals surface area contributed by atoms with Gasteiger partial charge >= 0.3 is 0 Å². The van der Waals surface area contributed by atoms with Crippen LogP contribution in [-0.2, 0) is 4.74 Å². The number of ketones is 1. The predicted octanol–water partition coefficient (Wildman–Crippen LogP) is 2.75. The summed E-state index contributed by atoms with van der Waals surface area (Å²) in [6.45, 7) is 6.43. The molecule has 0 unspecified atom stereocenters. The highest BCUT2D eigenvalue weighted by Gasteiger charge is 2.06. The van der Waals surface area contributed by atoms with Crippen molar-refractivity contribution in [1.29, 1.82) is 0 Å². The highest BCUT2D eigenvalue weighted by Crippen LogP contribution is 2.04. The van der Waals surface area contributed by atoms with Gasteiger partial charge in [-0.15, -0.1) is 0 Å². The van der Waals surface area contributed by atoms with Crippen molar-refractivity contribution < 1.29 is 9.53 Å². The zero-order valence-electron chi connectivity index (χ0n) is 10.6. The Morgan fingerprint density at radius 2 is 2.00 bits per heavy atom. The van der Waals surface area contributed by atoms with E-state index in [4.69, 9.17) is 4.74 Å². The molecule has 0 saturated heterocycles. The van der Waals surface area contributed by atoms with Crippen molar-refractivity contribution >= 4 is 5.78 Å². The lowest BCUT2D eigenvalue weighted by Gasteiger charge is -2.13. The molecule has 0 atom stereocenters. The van der Waals surface area contributed by atoms with E-state index in [1.807, 2.05) is 39.0 Å². The lowest BCUT2D eigenvalue weighted by atomic mass is 10.1. The maximum absolute atomic E-state index is 11.9. The molecule has 0 bridgehead atoms. The van der Waals surface area contributed by atoms with E-state index < -0.39 is 0 Å². The average molecular weight is 233 g/mol. The maximum atomic E-state index is 11.9. The van der Waals surface area contributed by atoms with Crippen LogP contribution in [0, 0.1) is 0 Å². The normalized spacial score (nSPS) is 11.4. The molecule has 0 aromatic heterocycles. The first kappa shape index (κ1) is 13.3. The summed E-state index contributed by atoms with van der Waals surface area (Å²) in [6.07, 6.45) is 1.50. The van der Waals surface area contributed by atoms with E-state index >= 15 is 0 Å². The molecule has 1 rings (SSSR count). The van der Waals surface area contributed by atoms with Gasteiger partial charge in [0, 0.05) is 17.7 Å². The molecule has 1 aromatic rings. The number of carbonyl (C=O) groups is 1. The third-order valence-electron chi connectivity index (χ3n) is 2.05. The van der Waals surface area contributed by atoms with Crippen LogP contribution in [0.1, 0.15) is 31.1 Å². The molecule has 0 spiro atoms. The lowest BCUT2D eigenvalue weighted by molar-refractivity contribution is 0.103. The fourth-order valence-electron chi connectivity index (χ4n) is 1.37. The van der Waals surface area contributed by atoms with Crippen LogP contribution in [0.15, 0.2) is 42.3 Å². The Bertz CT molecular complexity index is 382. The van der Waals surface area contributed by atoms with E-state index in [9.17, 15) is 4.79 Å². The van der Waals surface area contributed by atoms with Crippen LogP contribution in [0.4, 0.5) is 0 Å². The van der Waals surface area contributed by atoms with Gasteiger partial charge in [0.05, 0.1) is 6.61 Å². The molecular weight excluding hydrogens is 214 g/mol.